The van der Waals surface area contributed by atoms with Crippen molar-refractivity contribution < 1.29 is 4.79 Å². The minimum atomic E-state index is -0.892. The minimum absolute atomic E-state index is 0.0892. The molecule has 4 aliphatic rings. The Hall–Kier alpha value is -4.00. The monoisotopic (exact) mass is 450 g/mol. The van der Waals surface area contributed by atoms with E-state index in [0.717, 1.165) is 45.0 Å². The van der Waals surface area contributed by atoms with E-state index in [1.165, 1.54) is 0 Å². The van der Waals surface area contributed by atoms with Gasteiger partial charge in [0.25, 0.3) is 0 Å². The lowest BCUT2D eigenvalue weighted by Crippen LogP contribution is -2.41. The molecule has 0 aromatic carbocycles. The molecule has 7 heteroatoms. The van der Waals surface area contributed by atoms with Crippen molar-refractivity contribution in [1.82, 2.24) is 20.3 Å². The first-order valence-electron chi connectivity index (χ1n) is 11.4. The highest BCUT2D eigenvalue weighted by molar-refractivity contribution is 6.20. The molecule has 0 saturated carbocycles. The highest BCUT2D eigenvalue weighted by Gasteiger charge is 2.52. The first-order chi connectivity index (χ1) is 16.2. The van der Waals surface area contributed by atoms with Gasteiger partial charge in [-0.1, -0.05) is 0 Å². The van der Waals surface area contributed by atoms with E-state index in [4.69, 9.17) is 9.98 Å². The van der Waals surface area contributed by atoms with E-state index in [2.05, 4.69) is 32.4 Å². The van der Waals surface area contributed by atoms with Crippen LogP contribution < -0.4 is 16.0 Å². The number of imidazole rings is 1. The molecule has 0 aliphatic carbocycles. The quantitative estimate of drug-likeness (QED) is 0.622. The number of H-pyrrole nitrogens is 2. The summed E-state index contributed by atoms with van der Waals surface area (Å²) in [5.41, 5.74) is 1.68. The summed E-state index contributed by atoms with van der Waals surface area (Å²) in [5, 5.41) is 5.43. The molecule has 4 aliphatic heterocycles. The molecule has 1 fully saturated rings. The predicted octanol–water partition coefficient (Wildman–Crippen LogP) is 2.26. The van der Waals surface area contributed by atoms with Gasteiger partial charge in [-0.05, 0) is 88.4 Å². The molecule has 7 nitrogen and oxygen atoms in total. The summed E-state index contributed by atoms with van der Waals surface area (Å²) in [6.07, 6.45) is 17.8. The summed E-state index contributed by atoms with van der Waals surface area (Å²) in [6, 6.07) is 4.05. The van der Waals surface area contributed by atoms with Crippen molar-refractivity contribution >= 4 is 29.4 Å². The molecule has 0 amide bonds. The Morgan fingerprint density at radius 2 is 1.68 bits per heavy atom. The number of Topliss-reactive ketones (excluding diaryl/α,β-unsaturated/α-hetero) is 1. The maximum atomic E-state index is 13.7. The summed E-state index contributed by atoms with van der Waals surface area (Å²) >= 11 is 0. The van der Waals surface area contributed by atoms with Gasteiger partial charge in [-0.3, -0.25) is 9.79 Å². The van der Waals surface area contributed by atoms with E-state index in [0.29, 0.717) is 0 Å². The van der Waals surface area contributed by atoms with E-state index in [1.807, 2.05) is 82.5 Å². The van der Waals surface area contributed by atoms with Crippen LogP contribution in [0.15, 0.2) is 76.2 Å². The number of nitrogens with zero attached hydrogens (tertiary/aromatic N) is 3. The molecule has 2 atom stereocenters. The Bertz CT molecular complexity index is 1550. The zero-order valence-corrected chi connectivity index (χ0v) is 19.6. The summed E-state index contributed by atoms with van der Waals surface area (Å²) in [4.78, 5) is 34.7. The molecule has 8 bridgehead atoms. The smallest absolute Gasteiger partial charge is 0.173 e. The van der Waals surface area contributed by atoms with Crippen LogP contribution in [0.1, 0.15) is 32.3 Å². The van der Waals surface area contributed by atoms with Crippen molar-refractivity contribution in [3.63, 3.8) is 0 Å². The van der Waals surface area contributed by atoms with Gasteiger partial charge in [0.1, 0.15) is 16.9 Å². The third kappa shape index (κ3) is 3.11. The van der Waals surface area contributed by atoms with Crippen molar-refractivity contribution in [2.24, 2.45) is 15.4 Å². The van der Waals surface area contributed by atoms with Crippen LogP contribution in [0.3, 0.4) is 0 Å². The van der Waals surface area contributed by atoms with E-state index < -0.39 is 16.5 Å². The number of carbonyl (C=O) groups is 1. The Balaban J connectivity index is 1.63. The average Bonchev–Trinajstić information content (AvgIpc) is 3.58. The lowest BCUT2D eigenvalue weighted by molar-refractivity contribution is -0.126. The van der Waals surface area contributed by atoms with Crippen molar-refractivity contribution in [2.75, 3.05) is 0 Å². The first-order valence-corrected chi connectivity index (χ1v) is 11.4. The molecule has 6 heterocycles. The first kappa shape index (κ1) is 20.6. The Morgan fingerprint density at radius 1 is 0.912 bits per heavy atom. The number of hydrogen-bond acceptors (Lipinski definition) is 5. The third-order valence-corrected chi connectivity index (χ3v) is 6.89. The lowest BCUT2D eigenvalue weighted by Gasteiger charge is -2.24. The zero-order chi connectivity index (χ0) is 23.7. The number of allylic oxidation sites excluding steroid dienone is 4. The number of aryl methyl sites for hydroxylation is 1. The average molecular weight is 451 g/mol. The predicted molar refractivity (Wildman–Crippen MR) is 134 cm³/mol. The molecule has 3 N–H and O–H groups in total. The van der Waals surface area contributed by atoms with Gasteiger partial charge >= 0.3 is 0 Å². The van der Waals surface area contributed by atoms with Crippen LogP contribution in [0.2, 0.25) is 0 Å². The van der Waals surface area contributed by atoms with Crippen LogP contribution >= 0.6 is 0 Å². The minimum Gasteiger partial charge on any atom is -0.373 e. The van der Waals surface area contributed by atoms with Crippen molar-refractivity contribution in [3.05, 3.63) is 88.4 Å². The van der Waals surface area contributed by atoms with Gasteiger partial charge in [0, 0.05) is 16.4 Å². The number of ketones is 1. The van der Waals surface area contributed by atoms with Crippen LogP contribution in [0.5, 0.6) is 0 Å². The van der Waals surface area contributed by atoms with Gasteiger partial charge in [-0.2, -0.15) is 0 Å². The van der Waals surface area contributed by atoms with Gasteiger partial charge in [0.15, 0.2) is 5.78 Å². The number of aromatic amines is 2. The highest BCUT2D eigenvalue weighted by Crippen LogP contribution is 2.43. The Morgan fingerprint density at radius 3 is 2.41 bits per heavy atom. The van der Waals surface area contributed by atoms with Crippen LogP contribution in [0, 0.1) is 12.3 Å². The molecular weight excluding hydrogens is 424 g/mol. The number of nitrogens with one attached hydrogen (secondary N) is 3. The van der Waals surface area contributed by atoms with Crippen LogP contribution in [0.25, 0.3) is 12.2 Å². The van der Waals surface area contributed by atoms with Crippen LogP contribution in [-0.4, -0.2) is 37.7 Å². The number of hydrogen-bond donors (Lipinski definition) is 3. The maximum Gasteiger partial charge on any atom is 0.173 e. The van der Waals surface area contributed by atoms with Gasteiger partial charge < -0.3 is 15.3 Å². The number of aromatic nitrogens is 3. The molecule has 2 aromatic heterocycles. The fourth-order valence-corrected chi connectivity index (χ4v) is 5.08. The summed E-state index contributed by atoms with van der Waals surface area (Å²) < 4.78 is 0. The topological polar surface area (TPSA) is 98.3 Å². The Kier molecular flexibility index (Phi) is 4.09. The van der Waals surface area contributed by atoms with Crippen LogP contribution in [0.4, 0.5) is 0 Å². The molecule has 6 rings (SSSR count). The normalized spacial score (nSPS) is 28.5. The Labute approximate surface area is 197 Å². The van der Waals surface area contributed by atoms with Crippen molar-refractivity contribution in [1.29, 1.82) is 0 Å². The molecule has 1 saturated heterocycles. The van der Waals surface area contributed by atoms with E-state index in [-0.39, 0.29) is 5.78 Å². The highest BCUT2D eigenvalue weighted by atomic mass is 16.1. The maximum absolute atomic E-state index is 13.7. The summed E-state index contributed by atoms with van der Waals surface area (Å²) in [6.45, 7) is 7.75. The number of aliphatic imine (C=N–C) groups is 2. The standard InChI is InChI=1S/C27H26N6O/c1-16-28-15-23(29-16)27-10-9-20(32-27)12-19-6-5-17(30-19)11-18-7-8-21(31-18)13-26(4)24(34)25(2,3)22(14-27)33-26/h5-15,30,33H,1-4H3,(H,28,29). The summed E-state index contributed by atoms with van der Waals surface area (Å²) in [7, 11) is 0. The number of rotatable bonds is 1. The third-order valence-electron chi connectivity index (χ3n) is 6.89. The number of carbonyl (C=O) groups excluding carboxylic acids is 1. The molecular formula is C27H26N6O. The second-order valence-electron chi connectivity index (χ2n) is 10.0. The fraction of sp³-hybridized carbons (Fsp3) is 0.259. The van der Waals surface area contributed by atoms with Crippen molar-refractivity contribution in [3.8, 4) is 0 Å². The van der Waals surface area contributed by atoms with E-state index >= 15 is 0 Å². The fourth-order valence-electron chi connectivity index (χ4n) is 5.08. The van der Waals surface area contributed by atoms with E-state index in [9.17, 15) is 4.79 Å². The largest absolute Gasteiger partial charge is 0.373 e. The van der Waals surface area contributed by atoms with Crippen molar-refractivity contribution in [2.45, 2.75) is 38.8 Å². The molecule has 2 aromatic rings. The van der Waals surface area contributed by atoms with Gasteiger partial charge in [-0.15, -0.1) is 0 Å². The SMILES string of the molecule is Cc1ncc(C23C=CC(=N2)C=c2ccc([nH]2)=CC2=NC(=CC4(C)NC(=C3)C(C)(C)C4=O)C=C2)[nH]1. The summed E-state index contributed by atoms with van der Waals surface area (Å²) in [5.74, 6) is 0.901. The van der Waals surface area contributed by atoms with Gasteiger partial charge in [0.05, 0.1) is 34.4 Å². The molecule has 0 spiro atoms. The van der Waals surface area contributed by atoms with Gasteiger partial charge in [-0.25, -0.2) is 9.98 Å². The van der Waals surface area contributed by atoms with Gasteiger partial charge in [0.2, 0.25) is 0 Å². The van der Waals surface area contributed by atoms with E-state index in [1.54, 1.807) is 0 Å². The lowest BCUT2D eigenvalue weighted by atomic mass is 9.79. The molecule has 34 heavy (non-hydrogen) atoms. The zero-order valence-electron chi connectivity index (χ0n) is 19.6. The molecule has 0 radical (unpaired) electrons. The molecule has 170 valence electrons. The second kappa shape index (κ2) is 6.76. The number of fused-ring (bicyclic) bond motifs is 6. The molecule has 2 unspecified atom stereocenters. The van der Waals surface area contributed by atoms with Crippen LogP contribution in [-0.2, 0) is 10.3 Å². The second-order valence-corrected chi connectivity index (χ2v) is 10.0.